The van der Waals surface area contributed by atoms with Crippen molar-refractivity contribution in [3.05, 3.63) is 29.6 Å². The second-order valence-corrected chi connectivity index (χ2v) is 7.58. The lowest BCUT2D eigenvalue weighted by Gasteiger charge is -2.12. The zero-order valence-electron chi connectivity index (χ0n) is 11.0. The molecule has 0 aliphatic carbocycles. The maximum absolute atomic E-state index is 13.0. The molecule has 0 heterocycles. The van der Waals surface area contributed by atoms with Crippen molar-refractivity contribution in [2.75, 3.05) is 12.4 Å². The maximum Gasteiger partial charge on any atom is 0.232 e. The van der Waals surface area contributed by atoms with Crippen LogP contribution < -0.4 is 4.74 Å². The number of rotatable bonds is 7. The molecule has 0 aromatic heterocycles. The van der Waals surface area contributed by atoms with Crippen LogP contribution in [-0.4, -0.2) is 20.8 Å². The first kappa shape index (κ1) is 16.2. The normalized spacial score (nSPS) is 13.3. The van der Waals surface area contributed by atoms with Gasteiger partial charge in [0.15, 0.2) is 0 Å². The Morgan fingerprint density at radius 2 is 2.05 bits per heavy atom. The van der Waals surface area contributed by atoms with Crippen molar-refractivity contribution in [3.63, 3.8) is 0 Å². The van der Waals surface area contributed by atoms with Gasteiger partial charge in [-0.2, -0.15) is 0 Å². The molecule has 0 saturated carbocycles. The predicted molar refractivity (Wildman–Crippen MR) is 74.7 cm³/mol. The molecule has 1 unspecified atom stereocenters. The largest absolute Gasteiger partial charge is 0.494 e. The Hall–Kier alpha value is -0.810. The summed E-state index contributed by atoms with van der Waals surface area (Å²) in [6.07, 6.45) is 1.24. The molecule has 3 nitrogen and oxygen atoms in total. The van der Waals surface area contributed by atoms with E-state index in [2.05, 4.69) is 0 Å². The number of ether oxygens (including phenoxy) is 1. The molecule has 0 bridgehead atoms. The van der Waals surface area contributed by atoms with Crippen molar-refractivity contribution in [3.8, 4) is 5.75 Å². The average molecular weight is 309 g/mol. The van der Waals surface area contributed by atoms with E-state index in [0.29, 0.717) is 24.3 Å². The van der Waals surface area contributed by atoms with Crippen LogP contribution in [0.15, 0.2) is 18.2 Å². The van der Waals surface area contributed by atoms with Gasteiger partial charge in [-0.25, -0.2) is 12.8 Å². The van der Waals surface area contributed by atoms with Crippen LogP contribution in [0.1, 0.15) is 25.3 Å². The van der Waals surface area contributed by atoms with E-state index in [1.165, 1.54) is 6.07 Å². The summed E-state index contributed by atoms with van der Waals surface area (Å²) in [6.45, 7) is 4.09. The van der Waals surface area contributed by atoms with Gasteiger partial charge in [-0.05, 0) is 49.4 Å². The molecular weight excluding hydrogens is 291 g/mol. The molecule has 0 fully saturated rings. The molecule has 1 aromatic carbocycles. The quantitative estimate of drug-likeness (QED) is 0.724. The minimum absolute atomic E-state index is 0.0224. The Balaban J connectivity index is 2.31. The van der Waals surface area contributed by atoms with E-state index >= 15 is 0 Å². The van der Waals surface area contributed by atoms with Crippen molar-refractivity contribution in [2.24, 2.45) is 5.92 Å². The fourth-order valence-corrected chi connectivity index (χ4v) is 2.52. The molecular formula is C13H18ClFO3S. The average Bonchev–Trinajstić information content (AvgIpc) is 2.30. The minimum atomic E-state index is -3.42. The minimum Gasteiger partial charge on any atom is -0.494 e. The number of benzene rings is 1. The molecule has 0 N–H and O–H groups in total. The van der Waals surface area contributed by atoms with E-state index in [1.807, 2.05) is 6.92 Å². The molecule has 0 aliphatic heterocycles. The van der Waals surface area contributed by atoms with Crippen molar-refractivity contribution >= 4 is 19.7 Å². The highest BCUT2D eigenvalue weighted by atomic mass is 35.7. The van der Waals surface area contributed by atoms with Crippen LogP contribution >= 0.6 is 10.7 Å². The number of aryl methyl sites for hydroxylation is 1. The van der Waals surface area contributed by atoms with E-state index < -0.39 is 9.05 Å². The Labute approximate surface area is 118 Å². The third kappa shape index (κ3) is 6.78. The zero-order chi connectivity index (χ0) is 14.5. The Morgan fingerprint density at radius 3 is 2.63 bits per heavy atom. The monoisotopic (exact) mass is 308 g/mol. The third-order valence-corrected chi connectivity index (χ3v) is 4.05. The van der Waals surface area contributed by atoms with Gasteiger partial charge in [-0.15, -0.1) is 0 Å². The van der Waals surface area contributed by atoms with E-state index in [0.717, 1.165) is 6.42 Å². The van der Waals surface area contributed by atoms with Gasteiger partial charge < -0.3 is 4.74 Å². The van der Waals surface area contributed by atoms with E-state index in [1.54, 1.807) is 19.1 Å². The highest BCUT2D eigenvalue weighted by Gasteiger charge is 2.10. The molecule has 0 aliphatic rings. The number of halogens is 2. The first-order chi connectivity index (χ1) is 8.78. The standard InChI is InChI=1S/C13H18ClFO3S/c1-10(6-8-19(14,16)17)5-7-18-12-3-4-13(15)11(2)9-12/h3-4,9-10H,5-8H2,1-2H3. The summed E-state index contributed by atoms with van der Waals surface area (Å²) in [7, 11) is 1.73. The van der Waals surface area contributed by atoms with Crippen LogP contribution in [0.2, 0.25) is 0 Å². The summed E-state index contributed by atoms with van der Waals surface area (Å²) in [5.74, 6) is 0.546. The molecule has 1 aromatic rings. The molecule has 6 heteroatoms. The number of hydrogen-bond acceptors (Lipinski definition) is 3. The summed E-state index contributed by atoms with van der Waals surface area (Å²) in [5.41, 5.74) is 0.541. The SMILES string of the molecule is Cc1cc(OCCC(C)CCS(=O)(=O)Cl)ccc1F. The fraction of sp³-hybridized carbons (Fsp3) is 0.538. The Bertz CT molecular complexity index is 517. The number of hydrogen-bond donors (Lipinski definition) is 0. The van der Waals surface area contributed by atoms with Crippen molar-refractivity contribution < 1.29 is 17.5 Å². The second kappa shape index (κ2) is 7.10. The van der Waals surface area contributed by atoms with E-state index in [4.69, 9.17) is 15.4 Å². The van der Waals surface area contributed by atoms with Crippen LogP contribution in [0.4, 0.5) is 4.39 Å². The summed E-state index contributed by atoms with van der Waals surface area (Å²) in [6, 6.07) is 4.59. The van der Waals surface area contributed by atoms with Gasteiger partial charge in [0.05, 0.1) is 12.4 Å². The zero-order valence-corrected chi connectivity index (χ0v) is 12.6. The maximum atomic E-state index is 13.0. The van der Waals surface area contributed by atoms with Gasteiger partial charge in [0.1, 0.15) is 11.6 Å². The van der Waals surface area contributed by atoms with E-state index in [9.17, 15) is 12.8 Å². The highest BCUT2D eigenvalue weighted by Crippen LogP contribution is 2.17. The van der Waals surface area contributed by atoms with Crippen LogP contribution in [0.25, 0.3) is 0 Å². The molecule has 0 radical (unpaired) electrons. The van der Waals surface area contributed by atoms with Crippen molar-refractivity contribution in [1.82, 2.24) is 0 Å². The van der Waals surface area contributed by atoms with Gasteiger partial charge >= 0.3 is 0 Å². The van der Waals surface area contributed by atoms with E-state index in [-0.39, 0.29) is 17.5 Å². The summed E-state index contributed by atoms with van der Waals surface area (Å²) in [4.78, 5) is 0. The lowest BCUT2D eigenvalue weighted by Crippen LogP contribution is -2.08. The molecule has 0 amide bonds. The fourth-order valence-electron chi connectivity index (χ4n) is 1.57. The van der Waals surface area contributed by atoms with Crippen LogP contribution in [0.3, 0.4) is 0 Å². The molecule has 108 valence electrons. The van der Waals surface area contributed by atoms with Crippen molar-refractivity contribution in [1.29, 1.82) is 0 Å². The topological polar surface area (TPSA) is 43.4 Å². The Morgan fingerprint density at radius 1 is 1.37 bits per heavy atom. The smallest absolute Gasteiger partial charge is 0.232 e. The van der Waals surface area contributed by atoms with Crippen molar-refractivity contribution in [2.45, 2.75) is 26.7 Å². The molecule has 0 spiro atoms. The lowest BCUT2D eigenvalue weighted by atomic mass is 10.1. The highest BCUT2D eigenvalue weighted by molar-refractivity contribution is 8.13. The summed E-state index contributed by atoms with van der Waals surface area (Å²) < 4.78 is 40.1. The van der Waals surface area contributed by atoms with Crippen LogP contribution in [-0.2, 0) is 9.05 Å². The molecule has 1 atom stereocenters. The predicted octanol–water partition coefficient (Wildman–Crippen LogP) is 3.50. The first-order valence-corrected chi connectivity index (χ1v) is 8.57. The van der Waals surface area contributed by atoms with Crippen LogP contribution in [0.5, 0.6) is 5.75 Å². The molecule has 1 rings (SSSR count). The lowest BCUT2D eigenvalue weighted by molar-refractivity contribution is 0.281. The van der Waals surface area contributed by atoms with Gasteiger partial charge in [-0.1, -0.05) is 6.92 Å². The second-order valence-electron chi connectivity index (χ2n) is 4.68. The Kier molecular flexibility index (Phi) is 6.07. The van der Waals surface area contributed by atoms with Gasteiger partial charge in [-0.3, -0.25) is 0 Å². The third-order valence-electron chi connectivity index (χ3n) is 2.86. The molecule has 19 heavy (non-hydrogen) atoms. The summed E-state index contributed by atoms with van der Waals surface area (Å²) in [5, 5.41) is 0. The van der Waals surface area contributed by atoms with Gasteiger partial charge in [0, 0.05) is 10.7 Å². The van der Waals surface area contributed by atoms with Gasteiger partial charge in [0.25, 0.3) is 0 Å². The summed E-state index contributed by atoms with van der Waals surface area (Å²) >= 11 is 0. The first-order valence-electron chi connectivity index (χ1n) is 6.09. The molecule has 0 saturated heterocycles. The van der Waals surface area contributed by atoms with Gasteiger partial charge in [0.2, 0.25) is 9.05 Å². The van der Waals surface area contributed by atoms with Crippen LogP contribution in [0, 0.1) is 18.7 Å².